The van der Waals surface area contributed by atoms with E-state index in [1.807, 2.05) is 30.3 Å². The molecule has 2 aromatic carbocycles. The molecule has 0 aliphatic rings. The lowest BCUT2D eigenvalue weighted by molar-refractivity contribution is 0.0172. The molecule has 0 unspecified atom stereocenters. The van der Waals surface area contributed by atoms with Crippen molar-refractivity contribution in [1.82, 2.24) is 19.6 Å². The molecule has 8 heteroatoms. The van der Waals surface area contributed by atoms with Crippen molar-refractivity contribution in [3.63, 3.8) is 0 Å². The van der Waals surface area contributed by atoms with Crippen LogP contribution in [0.4, 0.5) is 8.78 Å². The van der Waals surface area contributed by atoms with E-state index >= 15 is 0 Å². The zero-order valence-corrected chi connectivity index (χ0v) is 14.9. The van der Waals surface area contributed by atoms with Crippen LogP contribution >= 0.6 is 0 Å². The molecule has 0 amide bonds. The minimum Gasteiger partial charge on any atom is -0.487 e. The van der Waals surface area contributed by atoms with Gasteiger partial charge in [0.15, 0.2) is 5.82 Å². The normalized spacial score (nSPS) is 11.7. The van der Waals surface area contributed by atoms with Gasteiger partial charge in [-0.25, -0.2) is 8.78 Å². The molecule has 0 atom stereocenters. The predicted molar refractivity (Wildman–Crippen MR) is 99.4 cm³/mol. The molecule has 0 saturated heterocycles. The smallest absolute Gasteiger partial charge is 0.276 e. The standard InChI is InChI=1S/C20H16F2N4O2/c1-20(21,22)14-8-5-9-16(10-14)28-12-15-11-17(27)26-19(23-15)24-18(25-26)13-6-3-2-4-7-13/h2-11H,12H2,1H3,(H,23,24,25). The van der Waals surface area contributed by atoms with Gasteiger partial charge < -0.3 is 9.72 Å². The third-order valence-corrected chi connectivity index (χ3v) is 4.15. The number of fused-ring (bicyclic) bond motifs is 1. The fourth-order valence-electron chi connectivity index (χ4n) is 2.74. The van der Waals surface area contributed by atoms with Gasteiger partial charge in [-0.15, -0.1) is 5.10 Å². The van der Waals surface area contributed by atoms with Crippen molar-refractivity contribution in [1.29, 1.82) is 0 Å². The van der Waals surface area contributed by atoms with Gasteiger partial charge in [-0.2, -0.15) is 9.50 Å². The Morgan fingerprint density at radius 3 is 2.64 bits per heavy atom. The molecule has 142 valence electrons. The first-order valence-corrected chi connectivity index (χ1v) is 8.56. The minimum atomic E-state index is -2.96. The second-order valence-electron chi connectivity index (χ2n) is 6.37. The average molecular weight is 382 g/mol. The summed E-state index contributed by atoms with van der Waals surface area (Å²) in [5.41, 5.74) is 0.738. The second-order valence-corrected chi connectivity index (χ2v) is 6.37. The number of alkyl halides is 2. The highest BCUT2D eigenvalue weighted by atomic mass is 19.3. The number of nitrogens with one attached hydrogen (secondary N) is 1. The van der Waals surface area contributed by atoms with Crippen LogP contribution < -0.4 is 10.3 Å². The molecule has 6 nitrogen and oxygen atoms in total. The second kappa shape index (κ2) is 6.88. The highest BCUT2D eigenvalue weighted by Crippen LogP contribution is 2.29. The van der Waals surface area contributed by atoms with Gasteiger partial charge in [-0.3, -0.25) is 4.79 Å². The van der Waals surface area contributed by atoms with E-state index < -0.39 is 5.92 Å². The lowest BCUT2D eigenvalue weighted by atomic mass is 10.1. The highest BCUT2D eigenvalue weighted by Gasteiger charge is 2.24. The summed E-state index contributed by atoms with van der Waals surface area (Å²) in [6.45, 7) is 0.825. The first kappa shape index (κ1) is 17.8. The SMILES string of the molecule is CC(F)(F)c1cccc(OCc2cc(=O)n3nc(-c4ccccc4)nc3[nH]2)c1. The maximum atomic E-state index is 13.4. The minimum absolute atomic E-state index is 0.00197. The fourth-order valence-corrected chi connectivity index (χ4v) is 2.74. The van der Waals surface area contributed by atoms with Crippen molar-refractivity contribution in [2.75, 3.05) is 0 Å². The van der Waals surface area contributed by atoms with E-state index in [2.05, 4.69) is 15.1 Å². The topological polar surface area (TPSA) is 72.3 Å². The quantitative estimate of drug-likeness (QED) is 0.570. The Bertz CT molecular complexity index is 1180. The number of hydrogen-bond acceptors (Lipinski definition) is 4. The van der Waals surface area contributed by atoms with Crippen LogP contribution in [0.1, 0.15) is 18.2 Å². The van der Waals surface area contributed by atoms with Crippen LogP contribution in [0.2, 0.25) is 0 Å². The molecule has 2 aromatic heterocycles. The van der Waals surface area contributed by atoms with E-state index in [9.17, 15) is 13.6 Å². The van der Waals surface area contributed by atoms with E-state index in [1.54, 1.807) is 6.07 Å². The summed E-state index contributed by atoms with van der Waals surface area (Å²) < 4.78 is 33.6. The molecule has 2 heterocycles. The summed E-state index contributed by atoms with van der Waals surface area (Å²) in [7, 11) is 0. The van der Waals surface area contributed by atoms with Crippen LogP contribution in [-0.2, 0) is 12.5 Å². The average Bonchev–Trinajstić information content (AvgIpc) is 3.12. The number of ether oxygens (including phenoxy) is 1. The molecule has 0 bridgehead atoms. The molecular weight excluding hydrogens is 366 g/mol. The third-order valence-electron chi connectivity index (χ3n) is 4.15. The van der Waals surface area contributed by atoms with Crippen LogP contribution in [0.25, 0.3) is 17.2 Å². The van der Waals surface area contributed by atoms with Crippen molar-refractivity contribution in [3.05, 3.63) is 82.3 Å². The number of benzene rings is 2. The summed E-state index contributed by atoms with van der Waals surface area (Å²) in [5, 5.41) is 4.22. The molecule has 0 fully saturated rings. The van der Waals surface area contributed by atoms with Crippen molar-refractivity contribution < 1.29 is 13.5 Å². The summed E-state index contributed by atoms with van der Waals surface area (Å²) in [6, 6.07) is 16.3. The Hall–Kier alpha value is -3.55. The lowest BCUT2D eigenvalue weighted by Crippen LogP contribution is -2.16. The Balaban J connectivity index is 1.59. The number of rotatable bonds is 5. The van der Waals surface area contributed by atoms with Gasteiger partial charge in [-0.1, -0.05) is 42.5 Å². The van der Waals surface area contributed by atoms with Crippen LogP contribution in [0, 0.1) is 0 Å². The van der Waals surface area contributed by atoms with Gasteiger partial charge in [0.25, 0.3) is 11.5 Å². The van der Waals surface area contributed by atoms with Crippen LogP contribution in [0.15, 0.2) is 65.5 Å². The number of halogens is 2. The molecule has 0 spiro atoms. The first-order valence-electron chi connectivity index (χ1n) is 8.56. The van der Waals surface area contributed by atoms with Gasteiger partial charge in [0, 0.05) is 24.1 Å². The maximum absolute atomic E-state index is 13.4. The molecule has 28 heavy (non-hydrogen) atoms. The van der Waals surface area contributed by atoms with Crippen LogP contribution in [0.5, 0.6) is 5.75 Å². The molecule has 0 aliphatic carbocycles. The monoisotopic (exact) mass is 382 g/mol. The number of hydrogen-bond donors (Lipinski definition) is 1. The largest absolute Gasteiger partial charge is 0.487 e. The molecule has 4 aromatic rings. The zero-order valence-electron chi connectivity index (χ0n) is 14.9. The summed E-state index contributed by atoms with van der Waals surface area (Å²) in [4.78, 5) is 19.7. The summed E-state index contributed by atoms with van der Waals surface area (Å²) in [6.07, 6.45) is 0. The van der Waals surface area contributed by atoms with Crippen molar-refractivity contribution >= 4 is 5.78 Å². The molecule has 0 aliphatic heterocycles. The molecule has 0 saturated carbocycles. The molecule has 4 rings (SSSR count). The van der Waals surface area contributed by atoms with Gasteiger partial charge in [-0.05, 0) is 12.1 Å². The van der Waals surface area contributed by atoms with E-state index in [0.717, 1.165) is 12.5 Å². The number of aromatic amines is 1. The van der Waals surface area contributed by atoms with Gasteiger partial charge in [0.1, 0.15) is 12.4 Å². The Kier molecular flexibility index (Phi) is 4.38. The van der Waals surface area contributed by atoms with E-state index in [1.165, 1.54) is 28.8 Å². The van der Waals surface area contributed by atoms with E-state index in [0.29, 0.717) is 11.5 Å². The predicted octanol–water partition coefficient (Wildman–Crippen LogP) is 3.78. The molecule has 1 N–H and O–H groups in total. The van der Waals surface area contributed by atoms with Crippen molar-refractivity contribution in [2.24, 2.45) is 0 Å². The Morgan fingerprint density at radius 1 is 1.11 bits per heavy atom. The number of aromatic nitrogens is 4. The Labute approximate surface area is 158 Å². The summed E-state index contributed by atoms with van der Waals surface area (Å²) in [5.74, 6) is -1.98. The summed E-state index contributed by atoms with van der Waals surface area (Å²) >= 11 is 0. The number of nitrogens with zero attached hydrogens (tertiary/aromatic N) is 3. The van der Waals surface area contributed by atoms with E-state index in [-0.39, 0.29) is 29.3 Å². The van der Waals surface area contributed by atoms with Crippen LogP contribution in [0.3, 0.4) is 0 Å². The highest BCUT2D eigenvalue weighted by molar-refractivity contribution is 5.56. The van der Waals surface area contributed by atoms with Gasteiger partial charge in [0.05, 0.1) is 5.69 Å². The van der Waals surface area contributed by atoms with Gasteiger partial charge >= 0.3 is 0 Å². The first-order chi connectivity index (χ1) is 13.4. The van der Waals surface area contributed by atoms with E-state index in [4.69, 9.17) is 4.74 Å². The van der Waals surface area contributed by atoms with Crippen LogP contribution in [-0.4, -0.2) is 19.6 Å². The Morgan fingerprint density at radius 2 is 1.89 bits per heavy atom. The van der Waals surface area contributed by atoms with Crippen molar-refractivity contribution in [3.8, 4) is 17.1 Å². The fraction of sp³-hybridized carbons (Fsp3) is 0.150. The lowest BCUT2D eigenvalue weighted by Gasteiger charge is -2.12. The van der Waals surface area contributed by atoms with Crippen molar-refractivity contribution in [2.45, 2.75) is 19.5 Å². The molecular formula is C20H16F2N4O2. The maximum Gasteiger partial charge on any atom is 0.276 e. The number of H-pyrrole nitrogens is 1. The molecule has 0 radical (unpaired) electrons. The zero-order chi connectivity index (χ0) is 19.7. The van der Waals surface area contributed by atoms with Gasteiger partial charge in [0.2, 0.25) is 5.78 Å². The third kappa shape index (κ3) is 3.62.